The Kier molecular flexibility index (Phi) is 3.66. The fraction of sp³-hybridized carbons (Fsp3) is 0.692. The minimum atomic E-state index is 0.253. The molecule has 1 heterocycles. The van der Waals surface area contributed by atoms with Gasteiger partial charge in [-0.15, -0.1) is 0 Å². The van der Waals surface area contributed by atoms with Crippen LogP contribution in [0.25, 0.3) is 0 Å². The molecule has 0 spiro atoms. The quantitative estimate of drug-likeness (QED) is 0.847. The Hall–Kier alpha value is -0.800. The highest BCUT2D eigenvalue weighted by Gasteiger charge is 2.20. The van der Waals surface area contributed by atoms with E-state index in [0.29, 0.717) is 5.92 Å². The number of nitrogens with two attached hydrogens (primary N) is 1. The van der Waals surface area contributed by atoms with Gasteiger partial charge < -0.3 is 15.0 Å². The highest BCUT2D eigenvalue weighted by molar-refractivity contribution is 5.28. The van der Waals surface area contributed by atoms with Crippen molar-refractivity contribution in [2.45, 2.75) is 38.8 Å². The molecule has 0 saturated carbocycles. The van der Waals surface area contributed by atoms with E-state index in [1.54, 1.807) is 7.11 Å². The minimum Gasteiger partial charge on any atom is -0.384 e. The minimum absolute atomic E-state index is 0.253. The third-order valence-corrected chi connectivity index (χ3v) is 3.40. The summed E-state index contributed by atoms with van der Waals surface area (Å²) in [5.74, 6) is 0.555. The van der Waals surface area contributed by atoms with E-state index in [9.17, 15) is 0 Å². The molecule has 16 heavy (non-hydrogen) atoms. The molecule has 0 amide bonds. The summed E-state index contributed by atoms with van der Waals surface area (Å²) in [4.78, 5) is 0. The van der Waals surface area contributed by atoms with E-state index in [1.807, 2.05) is 0 Å². The molecular weight excluding hydrogens is 200 g/mol. The normalized spacial score (nSPS) is 21.8. The maximum atomic E-state index is 6.11. The van der Waals surface area contributed by atoms with E-state index in [0.717, 1.165) is 19.6 Å². The van der Waals surface area contributed by atoms with Crippen molar-refractivity contribution in [2.24, 2.45) is 11.7 Å². The number of aromatic nitrogens is 1. The summed E-state index contributed by atoms with van der Waals surface area (Å²) in [7, 11) is 1.76. The molecule has 1 aliphatic carbocycles. The molecule has 0 aliphatic heterocycles. The number of nitrogens with zero attached hydrogens (tertiary/aromatic N) is 1. The van der Waals surface area contributed by atoms with Crippen molar-refractivity contribution in [2.75, 3.05) is 13.7 Å². The van der Waals surface area contributed by atoms with Gasteiger partial charge in [0.05, 0.1) is 6.61 Å². The highest BCUT2D eigenvalue weighted by Crippen LogP contribution is 2.29. The van der Waals surface area contributed by atoms with Crippen LogP contribution >= 0.6 is 0 Å². The molecule has 1 aliphatic rings. The molecule has 0 radical (unpaired) electrons. The summed E-state index contributed by atoms with van der Waals surface area (Å²) in [5, 5.41) is 0. The van der Waals surface area contributed by atoms with Crippen molar-refractivity contribution in [3.8, 4) is 0 Å². The topological polar surface area (TPSA) is 40.2 Å². The second-order valence-electron chi connectivity index (χ2n) is 4.93. The Morgan fingerprint density at radius 2 is 2.44 bits per heavy atom. The van der Waals surface area contributed by atoms with E-state index in [2.05, 4.69) is 23.8 Å². The molecule has 2 N–H and O–H groups in total. The van der Waals surface area contributed by atoms with E-state index in [-0.39, 0.29) is 6.04 Å². The number of rotatable bonds is 4. The Labute approximate surface area is 97.6 Å². The van der Waals surface area contributed by atoms with Crippen molar-refractivity contribution in [1.29, 1.82) is 0 Å². The molecule has 0 bridgehead atoms. The number of fused-ring (bicyclic) bond motifs is 1. The zero-order valence-corrected chi connectivity index (χ0v) is 10.3. The van der Waals surface area contributed by atoms with Gasteiger partial charge in [0, 0.05) is 31.6 Å². The van der Waals surface area contributed by atoms with Crippen molar-refractivity contribution in [3.63, 3.8) is 0 Å². The Balaban J connectivity index is 2.11. The summed E-state index contributed by atoms with van der Waals surface area (Å²) in [6, 6.07) is 2.45. The number of methoxy groups -OCH3 is 1. The van der Waals surface area contributed by atoms with Crippen LogP contribution in [0.4, 0.5) is 0 Å². The SMILES string of the molecule is COCC(C)Cn1ccc2c1CCCC2N. The average Bonchev–Trinajstić information content (AvgIpc) is 2.64. The van der Waals surface area contributed by atoms with E-state index < -0.39 is 0 Å². The Bertz CT molecular complexity index is 346. The van der Waals surface area contributed by atoms with Gasteiger partial charge in [-0.2, -0.15) is 0 Å². The zero-order chi connectivity index (χ0) is 11.5. The molecule has 0 aromatic carbocycles. The molecule has 0 fully saturated rings. The Morgan fingerprint density at radius 1 is 1.62 bits per heavy atom. The number of ether oxygens (including phenoxy) is 1. The van der Waals surface area contributed by atoms with E-state index in [4.69, 9.17) is 10.5 Å². The molecule has 3 heteroatoms. The van der Waals surface area contributed by atoms with Gasteiger partial charge in [-0.3, -0.25) is 0 Å². The second kappa shape index (κ2) is 5.02. The molecular formula is C13H22N2O. The smallest absolute Gasteiger partial charge is 0.0504 e. The lowest BCUT2D eigenvalue weighted by Crippen LogP contribution is -2.20. The summed E-state index contributed by atoms with van der Waals surface area (Å²) >= 11 is 0. The van der Waals surface area contributed by atoms with Crippen LogP contribution < -0.4 is 5.73 Å². The molecule has 90 valence electrons. The Morgan fingerprint density at radius 3 is 3.19 bits per heavy atom. The summed E-state index contributed by atoms with van der Waals surface area (Å²) in [5.41, 5.74) is 8.91. The maximum absolute atomic E-state index is 6.11. The zero-order valence-electron chi connectivity index (χ0n) is 10.3. The molecule has 0 saturated heterocycles. The molecule has 2 unspecified atom stereocenters. The third kappa shape index (κ3) is 2.30. The second-order valence-corrected chi connectivity index (χ2v) is 4.93. The molecule has 3 nitrogen and oxygen atoms in total. The maximum Gasteiger partial charge on any atom is 0.0504 e. The van der Waals surface area contributed by atoms with Gasteiger partial charge >= 0.3 is 0 Å². The lowest BCUT2D eigenvalue weighted by molar-refractivity contribution is 0.151. The van der Waals surface area contributed by atoms with Crippen LogP contribution in [-0.2, 0) is 17.7 Å². The fourth-order valence-corrected chi connectivity index (χ4v) is 2.64. The van der Waals surface area contributed by atoms with Gasteiger partial charge in [-0.25, -0.2) is 0 Å². The van der Waals surface area contributed by atoms with E-state index >= 15 is 0 Å². The number of hydrogen-bond donors (Lipinski definition) is 1. The standard InChI is InChI=1S/C13H22N2O/c1-10(9-16-2)8-15-7-6-11-12(14)4-3-5-13(11)15/h6-7,10,12H,3-5,8-9,14H2,1-2H3. The average molecular weight is 222 g/mol. The first-order valence-electron chi connectivity index (χ1n) is 6.14. The van der Waals surface area contributed by atoms with Crippen LogP contribution in [0.5, 0.6) is 0 Å². The monoisotopic (exact) mass is 222 g/mol. The largest absolute Gasteiger partial charge is 0.384 e. The highest BCUT2D eigenvalue weighted by atomic mass is 16.5. The van der Waals surface area contributed by atoms with Crippen LogP contribution in [0.3, 0.4) is 0 Å². The van der Waals surface area contributed by atoms with Crippen LogP contribution in [0.15, 0.2) is 12.3 Å². The van der Waals surface area contributed by atoms with Crippen molar-refractivity contribution < 1.29 is 4.74 Å². The molecule has 1 aromatic rings. The van der Waals surface area contributed by atoms with Gasteiger partial charge in [0.2, 0.25) is 0 Å². The van der Waals surface area contributed by atoms with Crippen LogP contribution in [0.2, 0.25) is 0 Å². The summed E-state index contributed by atoms with van der Waals surface area (Å²) in [6.07, 6.45) is 5.71. The summed E-state index contributed by atoms with van der Waals surface area (Å²) < 4.78 is 7.54. The lowest BCUT2D eigenvalue weighted by atomic mass is 9.93. The van der Waals surface area contributed by atoms with Gasteiger partial charge in [-0.1, -0.05) is 6.92 Å². The number of hydrogen-bond acceptors (Lipinski definition) is 2. The van der Waals surface area contributed by atoms with Crippen molar-refractivity contribution in [1.82, 2.24) is 4.57 Å². The van der Waals surface area contributed by atoms with Gasteiger partial charge in [0.1, 0.15) is 0 Å². The van der Waals surface area contributed by atoms with Gasteiger partial charge in [0.15, 0.2) is 0 Å². The van der Waals surface area contributed by atoms with Crippen LogP contribution in [-0.4, -0.2) is 18.3 Å². The predicted molar refractivity (Wildman–Crippen MR) is 65.3 cm³/mol. The predicted octanol–water partition coefficient (Wildman–Crippen LogP) is 2.11. The van der Waals surface area contributed by atoms with Crippen molar-refractivity contribution >= 4 is 0 Å². The molecule has 2 atom stereocenters. The van der Waals surface area contributed by atoms with Crippen LogP contribution in [0.1, 0.15) is 37.1 Å². The first kappa shape index (κ1) is 11.7. The third-order valence-electron chi connectivity index (χ3n) is 3.40. The lowest BCUT2D eigenvalue weighted by Gasteiger charge is -2.22. The molecule has 2 rings (SSSR count). The summed E-state index contributed by atoms with van der Waals surface area (Å²) in [6.45, 7) is 4.08. The fourth-order valence-electron chi connectivity index (χ4n) is 2.64. The first-order valence-corrected chi connectivity index (χ1v) is 6.14. The van der Waals surface area contributed by atoms with Crippen molar-refractivity contribution in [3.05, 3.63) is 23.5 Å². The molecule has 1 aromatic heterocycles. The van der Waals surface area contributed by atoms with Crippen LogP contribution in [0, 0.1) is 5.92 Å². The van der Waals surface area contributed by atoms with Gasteiger partial charge in [0.25, 0.3) is 0 Å². The first-order chi connectivity index (χ1) is 7.72. The van der Waals surface area contributed by atoms with E-state index in [1.165, 1.54) is 24.1 Å². The van der Waals surface area contributed by atoms with Gasteiger partial charge in [-0.05, 0) is 36.8 Å².